The number of carbonyl (C=O) groups excluding carboxylic acids is 1. The third-order valence-corrected chi connectivity index (χ3v) is 3.23. The third-order valence-electron chi connectivity index (χ3n) is 3.23. The van der Waals surface area contributed by atoms with E-state index in [2.05, 4.69) is 25.1 Å². The first kappa shape index (κ1) is 11.8. The standard InChI is InChI=1S/C16H18O/c1-2-3-4-7-14-11-10-13-8-5-6-9-15(13)16(14)12-17/h5-6,8-12H,2-4,7H2,1H3. The summed E-state index contributed by atoms with van der Waals surface area (Å²) in [6, 6.07) is 12.3. The van der Waals surface area contributed by atoms with Crippen LogP contribution < -0.4 is 0 Å². The molecule has 2 aromatic rings. The molecule has 0 aromatic heterocycles. The zero-order valence-corrected chi connectivity index (χ0v) is 10.3. The van der Waals surface area contributed by atoms with Gasteiger partial charge in [0.05, 0.1) is 0 Å². The van der Waals surface area contributed by atoms with E-state index < -0.39 is 0 Å². The lowest BCUT2D eigenvalue weighted by Gasteiger charge is -2.08. The van der Waals surface area contributed by atoms with Gasteiger partial charge in [0, 0.05) is 5.56 Å². The number of aryl methyl sites for hydroxylation is 1. The van der Waals surface area contributed by atoms with Gasteiger partial charge in [-0.2, -0.15) is 0 Å². The summed E-state index contributed by atoms with van der Waals surface area (Å²) in [5, 5.41) is 2.23. The number of rotatable bonds is 5. The molecule has 0 N–H and O–H groups in total. The molecule has 2 rings (SSSR count). The van der Waals surface area contributed by atoms with Gasteiger partial charge in [0.15, 0.2) is 6.29 Å². The number of benzene rings is 2. The molecule has 0 aliphatic carbocycles. The zero-order valence-electron chi connectivity index (χ0n) is 10.3. The van der Waals surface area contributed by atoms with Crippen molar-refractivity contribution in [1.82, 2.24) is 0 Å². The molecule has 0 fully saturated rings. The Balaban J connectivity index is 2.39. The molecule has 0 spiro atoms. The highest BCUT2D eigenvalue weighted by Gasteiger charge is 2.05. The van der Waals surface area contributed by atoms with Crippen LogP contribution in [0.15, 0.2) is 36.4 Å². The number of carbonyl (C=O) groups is 1. The van der Waals surface area contributed by atoms with Crippen LogP contribution >= 0.6 is 0 Å². The largest absolute Gasteiger partial charge is 0.298 e. The van der Waals surface area contributed by atoms with E-state index in [0.717, 1.165) is 35.5 Å². The fourth-order valence-corrected chi connectivity index (χ4v) is 2.26. The highest BCUT2D eigenvalue weighted by molar-refractivity contribution is 5.99. The Morgan fingerprint density at radius 2 is 1.88 bits per heavy atom. The number of hydrogen-bond acceptors (Lipinski definition) is 1. The molecule has 17 heavy (non-hydrogen) atoms. The average molecular weight is 226 g/mol. The highest BCUT2D eigenvalue weighted by Crippen LogP contribution is 2.22. The predicted molar refractivity (Wildman–Crippen MR) is 72.6 cm³/mol. The van der Waals surface area contributed by atoms with Crippen molar-refractivity contribution in [2.45, 2.75) is 32.6 Å². The van der Waals surface area contributed by atoms with Crippen LogP contribution in [-0.4, -0.2) is 6.29 Å². The SMILES string of the molecule is CCCCCc1ccc2ccccc2c1C=O. The van der Waals surface area contributed by atoms with Gasteiger partial charge in [-0.25, -0.2) is 0 Å². The van der Waals surface area contributed by atoms with Gasteiger partial charge in [0.2, 0.25) is 0 Å². The topological polar surface area (TPSA) is 17.1 Å². The Morgan fingerprint density at radius 1 is 1.06 bits per heavy atom. The summed E-state index contributed by atoms with van der Waals surface area (Å²) < 4.78 is 0. The van der Waals surface area contributed by atoms with E-state index in [4.69, 9.17) is 0 Å². The van der Waals surface area contributed by atoms with Crippen LogP contribution in [0.4, 0.5) is 0 Å². The fraction of sp³-hybridized carbons (Fsp3) is 0.312. The van der Waals surface area contributed by atoms with Crippen LogP contribution in [0.5, 0.6) is 0 Å². The quantitative estimate of drug-likeness (QED) is 0.546. The summed E-state index contributed by atoms with van der Waals surface area (Å²) >= 11 is 0. The second-order valence-electron chi connectivity index (χ2n) is 4.43. The molecular formula is C16H18O. The van der Waals surface area contributed by atoms with Crippen molar-refractivity contribution >= 4 is 17.1 Å². The molecule has 0 bridgehead atoms. The summed E-state index contributed by atoms with van der Waals surface area (Å²) in [4.78, 5) is 11.3. The van der Waals surface area contributed by atoms with Crippen LogP contribution in [0.1, 0.15) is 42.1 Å². The van der Waals surface area contributed by atoms with Crippen molar-refractivity contribution < 1.29 is 4.79 Å². The van der Waals surface area contributed by atoms with Crippen molar-refractivity contribution in [3.8, 4) is 0 Å². The minimum atomic E-state index is 0.874. The molecule has 0 heterocycles. The lowest BCUT2D eigenvalue weighted by Crippen LogP contribution is -1.94. The molecule has 0 atom stereocenters. The van der Waals surface area contributed by atoms with Crippen LogP contribution in [0, 0.1) is 0 Å². The van der Waals surface area contributed by atoms with E-state index in [1.165, 1.54) is 18.4 Å². The zero-order chi connectivity index (χ0) is 12.1. The minimum Gasteiger partial charge on any atom is -0.298 e. The van der Waals surface area contributed by atoms with E-state index >= 15 is 0 Å². The second-order valence-corrected chi connectivity index (χ2v) is 4.43. The summed E-state index contributed by atoms with van der Waals surface area (Å²) in [6.07, 6.45) is 5.61. The van der Waals surface area contributed by atoms with Crippen LogP contribution in [0.2, 0.25) is 0 Å². The number of hydrogen-bond donors (Lipinski definition) is 0. The average Bonchev–Trinajstić information content (AvgIpc) is 2.38. The van der Waals surface area contributed by atoms with Crippen molar-refractivity contribution in [2.75, 3.05) is 0 Å². The Labute approximate surface area is 102 Å². The first-order chi connectivity index (χ1) is 8.36. The maximum atomic E-state index is 11.3. The van der Waals surface area contributed by atoms with Gasteiger partial charge in [-0.05, 0) is 29.2 Å². The van der Waals surface area contributed by atoms with E-state index in [9.17, 15) is 4.79 Å². The number of aldehydes is 1. The van der Waals surface area contributed by atoms with Crippen molar-refractivity contribution in [3.63, 3.8) is 0 Å². The number of fused-ring (bicyclic) bond motifs is 1. The molecule has 0 radical (unpaired) electrons. The molecule has 0 aliphatic heterocycles. The molecule has 0 amide bonds. The predicted octanol–water partition coefficient (Wildman–Crippen LogP) is 4.39. The van der Waals surface area contributed by atoms with E-state index in [1.54, 1.807) is 0 Å². The molecule has 0 saturated heterocycles. The van der Waals surface area contributed by atoms with Crippen LogP contribution in [0.25, 0.3) is 10.8 Å². The molecule has 1 nitrogen and oxygen atoms in total. The summed E-state index contributed by atoms with van der Waals surface area (Å²) in [7, 11) is 0. The van der Waals surface area contributed by atoms with Crippen molar-refractivity contribution in [1.29, 1.82) is 0 Å². The monoisotopic (exact) mass is 226 g/mol. The molecule has 1 heteroatoms. The third kappa shape index (κ3) is 2.55. The molecule has 0 aliphatic rings. The van der Waals surface area contributed by atoms with Gasteiger partial charge >= 0.3 is 0 Å². The van der Waals surface area contributed by atoms with Gasteiger partial charge in [-0.1, -0.05) is 56.2 Å². The molecule has 0 unspecified atom stereocenters. The minimum absolute atomic E-state index is 0.874. The molecule has 88 valence electrons. The second kappa shape index (κ2) is 5.62. The Kier molecular flexibility index (Phi) is 3.92. The summed E-state index contributed by atoms with van der Waals surface area (Å²) in [6.45, 7) is 2.20. The smallest absolute Gasteiger partial charge is 0.150 e. The van der Waals surface area contributed by atoms with E-state index in [1.807, 2.05) is 18.2 Å². The van der Waals surface area contributed by atoms with Crippen molar-refractivity contribution in [3.05, 3.63) is 47.5 Å². The maximum absolute atomic E-state index is 11.3. The highest BCUT2D eigenvalue weighted by atomic mass is 16.1. The lowest BCUT2D eigenvalue weighted by molar-refractivity contribution is 0.112. The van der Waals surface area contributed by atoms with E-state index in [-0.39, 0.29) is 0 Å². The normalized spacial score (nSPS) is 10.6. The van der Waals surface area contributed by atoms with Crippen molar-refractivity contribution in [2.24, 2.45) is 0 Å². The first-order valence-electron chi connectivity index (χ1n) is 6.32. The molecule has 2 aromatic carbocycles. The fourth-order valence-electron chi connectivity index (χ4n) is 2.26. The van der Waals surface area contributed by atoms with Gasteiger partial charge in [-0.15, -0.1) is 0 Å². The Hall–Kier alpha value is -1.63. The van der Waals surface area contributed by atoms with Crippen LogP contribution in [-0.2, 0) is 6.42 Å². The van der Waals surface area contributed by atoms with Gasteiger partial charge in [-0.3, -0.25) is 4.79 Å². The summed E-state index contributed by atoms with van der Waals surface area (Å²) in [5.41, 5.74) is 2.06. The molecular weight excluding hydrogens is 208 g/mol. The van der Waals surface area contributed by atoms with Crippen LogP contribution in [0.3, 0.4) is 0 Å². The van der Waals surface area contributed by atoms with E-state index in [0.29, 0.717) is 0 Å². The van der Waals surface area contributed by atoms with Gasteiger partial charge < -0.3 is 0 Å². The summed E-state index contributed by atoms with van der Waals surface area (Å²) in [5.74, 6) is 0. The lowest BCUT2D eigenvalue weighted by atomic mass is 9.96. The molecule has 0 saturated carbocycles. The van der Waals surface area contributed by atoms with Gasteiger partial charge in [0.25, 0.3) is 0 Å². The Morgan fingerprint density at radius 3 is 2.65 bits per heavy atom. The Bertz CT molecular complexity index is 514. The van der Waals surface area contributed by atoms with Gasteiger partial charge in [0.1, 0.15) is 0 Å². The number of unbranched alkanes of at least 4 members (excludes halogenated alkanes) is 2. The maximum Gasteiger partial charge on any atom is 0.150 e. The first-order valence-corrected chi connectivity index (χ1v) is 6.32.